The normalized spacial score (nSPS) is 27.8. The molecule has 0 bridgehead atoms. The average Bonchev–Trinajstić information content (AvgIpc) is 2.46. The van der Waals surface area contributed by atoms with Crippen LogP contribution in [0.3, 0.4) is 0 Å². The minimum atomic E-state index is -3.23. The lowest BCUT2D eigenvalue weighted by Gasteiger charge is -2.39. The van der Waals surface area contributed by atoms with E-state index in [-0.39, 0.29) is 6.04 Å². The molecule has 0 aromatic carbocycles. The Bertz CT molecular complexity index is 391. The Morgan fingerprint density at radius 1 is 1.10 bits per heavy atom. The van der Waals surface area contributed by atoms with Gasteiger partial charge in [-0.1, -0.05) is 6.42 Å². The molecule has 118 valence electrons. The first-order chi connectivity index (χ1) is 9.55. The molecule has 2 fully saturated rings. The van der Waals surface area contributed by atoms with Crippen molar-refractivity contribution in [3.8, 4) is 0 Å². The molecule has 5 nitrogen and oxygen atoms in total. The summed E-state index contributed by atoms with van der Waals surface area (Å²) in [5.74, 6) is 0.674. The van der Waals surface area contributed by atoms with Gasteiger partial charge in [0.1, 0.15) is 0 Å². The molecule has 0 aromatic heterocycles. The van der Waals surface area contributed by atoms with E-state index in [0.29, 0.717) is 25.6 Å². The van der Waals surface area contributed by atoms with Gasteiger partial charge in [-0.15, -0.1) is 0 Å². The second-order valence-corrected chi connectivity index (χ2v) is 8.08. The predicted octanol–water partition coefficient (Wildman–Crippen LogP) is 1.43. The summed E-state index contributed by atoms with van der Waals surface area (Å²) in [6.45, 7) is 5.15. The first-order valence-electron chi connectivity index (χ1n) is 7.97. The van der Waals surface area contributed by atoms with Crippen molar-refractivity contribution in [2.75, 3.05) is 33.2 Å². The highest BCUT2D eigenvalue weighted by molar-refractivity contribution is 7.86. The first kappa shape index (κ1) is 16.2. The number of hydrogen-bond donors (Lipinski definition) is 1. The van der Waals surface area contributed by atoms with E-state index >= 15 is 0 Å². The molecule has 20 heavy (non-hydrogen) atoms. The third-order valence-corrected chi connectivity index (χ3v) is 6.89. The number of rotatable bonds is 5. The van der Waals surface area contributed by atoms with Gasteiger partial charge in [-0.2, -0.15) is 17.0 Å². The smallest absolute Gasteiger partial charge is 0.282 e. The van der Waals surface area contributed by atoms with E-state index < -0.39 is 10.2 Å². The summed E-state index contributed by atoms with van der Waals surface area (Å²) in [4.78, 5) is 0. The van der Waals surface area contributed by atoms with E-state index in [1.54, 1.807) is 8.61 Å². The van der Waals surface area contributed by atoms with Gasteiger partial charge in [0, 0.05) is 25.7 Å². The number of nitrogens with zero attached hydrogens (tertiary/aromatic N) is 2. The monoisotopic (exact) mass is 303 g/mol. The lowest BCUT2D eigenvalue weighted by Crippen LogP contribution is -2.51. The fourth-order valence-electron chi connectivity index (χ4n) is 3.34. The van der Waals surface area contributed by atoms with E-state index in [2.05, 4.69) is 5.32 Å². The molecule has 0 aliphatic carbocycles. The fraction of sp³-hybridized carbons (Fsp3) is 1.00. The Morgan fingerprint density at radius 2 is 1.80 bits per heavy atom. The molecule has 1 unspecified atom stereocenters. The summed E-state index contributed by atoms with van der Waals surface area (Å²) >= 11 is 0. The van der Waals surface area contributed by atoms with Crippen molar-refractivity contribution >= 4 is 10.2 Å². The van der Waals surface area contributed by atoms with Crippen molar-refractivity contribution in [2.24, 2.45) is 5.92 Å². The topological polar surface area (TPSA) is 52.7 Å². The lowest BCUT2D eigenvalue weighted by molar-refractivity contribution is 0.215. The van der Waals surface area contributed by atoms with Crippen molar-refractivity contribution in [1.29, 1.82) is 0 Å². The number of piperidine rings is 2. The van der Waals surface area contributed by atoms with Gasteiger partial charge in [0.25, 0.3) is 10.2 Å². The van der Waals surface area contributed by atoms with E-state index in [4.69, 9.17) is 0 Å². The third-order valence-electron chi connectivity index (χ3n) is 4.74. The molecule has 1 N–H and O–H groups in total. The Labute approximate surface area is 123 Å². The second kappa shape index (κ2) is 7.20. The van der Waals surface area contributed by atoms with Crippen molar-refractivity contribution < 1.29 is 8.42 Å². The van der Waals surface area contributed by atoms with Gasteiger partial charge in [0.2, 0.25) is 0 Å². The summed E-state index contributed by atoms with van der Waals surface area (Å²) in [7, 11) is -1.26. The van der Waals surface area contributed by atoms with Crippen LogP contribution >= 0.6 is 0 Å². The highest BCUT2D eigenvalue weighted by Gasteiger charge is 2.36. The van der Waals surface area contributed by atoms with Gasteiger partial charge in [-0.25, -0.2) is 0 Å². The molecule has 2 aliphatic heterocycles. The van der Waals surface area contributed by atoms with Gasteiger partial charge in [-0.3, -0.25) is 0 Å². The Balaban J connectivity index is 1.91. The maximum atomic E-state index is 12.7. The largest absolute Gasteiger partial charge is 0.320 e. The van der Waals surface area contributed by atoms with Gasteiger partial charge < -0.3 is 5.32 Å². The molecule has 2 heterocycles. The first-order valence-corrected chi connectivity index (χ1v) is 9.37. The van der Waals surface area contributed by atoms with Crippen molar-refractivity contribution in [3.05, 3.63) is 0 Å². The maximum Gasteiger partial charge on any atom is 0.282 e. The molecule has 2 saturated heterocycles. The molecule has 0 amide bonds. The number of nitrogens with one attached hydrogen (secondary N) is 1. The Kier molecular flexibility index (Phi) is 5.84. The standard InChI is InChI=1S/C14H29N3O2S/c1-13-5-3-4-10-17(13)20(18,19)16-11-7-14(8-12-16)6-9-15-2/h13-15H,3-12H2,1-2H3. The minimum absolute atomic E-state index is 0.163. The predicted molar refractivity (Wildman–Crippen MR) is 81.8 cm³/mol. The molecule has 2 aliphatic rings. The number of hydrogen-bond acceptors (Lipinski definition) is 3. The van der Waals surface area contributed by atoms with Crippen LogP contribution in [-0.4, -0.2) is 56.3 Å². The van der Waals surface area contributed by atoms with Crippen molar-refractivity contribution in [2.45, 2.75) is 51.5 Å². The molecule has 2 rings (SSSR count). The van der Waals surface area contributed by atoms with Crippen molar-refractivity contribution in [3.63, 3.8) is 0 Å². The Morgan fingerprint density at radius 3 is 2.40 bits per heavy atom. The Hall–Kier alpha value is -0.170. The van der Waals surface area contributed by atoms with Gasteiger partial charge >= 0.3 is 0 Å². The van der Waals surface area contributed by atoms with Crippen LogP contribution in [0.5, 0.6) is 0 Å². The summed E-state index contributed by atoms with van der Waals surface area (Å²) in [5.41, 5.74) is 0. The molecular formula is C14H29N3O2S. The van der Waals surface area contributed by atoms with Crippen LogP contribution in [-0.2, 0) is 10.2 Å². The van der Waals surface area contributed by atoms with Gasteiger partial charge in [0.05, 0.1) is 0 Å². The molecule has 0 saturated carbocycles. The summed E-state index contributed by atoms with van der Waals surface area (Å²) < 4.78 is 28.9. The van der Waals surface area contributed by atoms with Crippen LogP contribution in [0.2, 0.25) is 0 Å². The van der Waals surface area contributed by atoms with E-state index in [1.807, 2.05) is 14.0 Å². The summed E-state index contributed by atoms with van der Waals surface area (Å²) in [6.07, 6.45) is 6.32. The van der Waals surface area contributed by atoms with Crippen LogP contribution in [0.1, 0.15) is 45.4 Å². The molecule has 0 spiro atoms. The zero-order valence-corrected chi connectivity index (χ0v) is 13.7. The van der Waals surface area contributed by atoms with E-state index in [9.17, 15) is 8.42 Å². The van der Waals surface area contributed by atoms with Crippen LogP contribution in [0.4, 0.5) is 0 Å². The summed E-state index contributed by atoms with van der Waals surface area (Å²) in [6, 6.07) is 0.163. The molecular weight excluding hydrogens is 274 g/mol. The van der Waals surface area contributed by atoms with Gasteiger partial charge in [-0.05, 0) is 58.5 Å². The minimum Gasteiger partial charge on any atom is -0.320 e. The molecule has 1 atom stereocenters. The van der Waals surface area contributed by atoms with Crippen molar-refractivity contribution in [1.82, 2.24) is 13.9 Å². The second-order valence-electron chi connectivity index (χ2n) is 6.20. The van der Waals surface area contributed by atoms with E-state index in [1.165, 1.54) is 0 Å². The molecule has 6 heteroatoms. The van der Waals surface area contributed by atoms with Crippen LogP contribution < -0.4 is 5.32 Å². The molecule has 0 radical (unpaired) electrons. The van der Waals surface area contributed by atoms with Crippen LogP contribution in [0.25, 0.3) is 0 Å². The van der Waals surface area contributed by atoms with E-state index in [0.717, 1.165) is 45.1 Å². The SMILES string of the molecule is CNCCC1CCN(S(=O)(=O)N2CCCCC2C)CC1. The zero-order valence-electron chi connectivity index (χ0n) is 12.8. The van der Waals surface area contributed by atoms with Crippen LogP contribution in [0.15, 0.2) is 0 Å². The zero-order chi connectivity index (χ0) is 14.6. The quantitative estimate of drug-likeness (QED) is 0.836. The van der Waals surface area contributed by atoms with Crippen LogP contribution in [0, 0.1) is 5.92 Å². The van der Waals surface area contributed by atoms with Gasteiger partial charge in [0.15, 0.2) is 0 Å². The maximum absolute atomic E-state index is 12.7. The highest BCUT2D eigenvalue weighted by atomic mass is 32.2. The fourth-order valence-corrected chi connectivity index (χ4v) is 5.23. The lowest BCUT2D eigenvalue weighted by atomic mass is 9.95. The average molecular weight is 303 g/mol. The third kappa shape index (κ3) is 3.72. The summed E-state index contributed by atoms with van der Waals surface area (Å²) in [5, 5.41) is 3.17. The molecule has 0 aromatic rings. The highest BCUT2D eigenvalue weighted by Crippen LogP contribution is 2.27.